The Morgan fingerprint density at radius 2 is 0.792 bits per heavy atom. The molecule has 4 nitrogen and oxygen atoms in total. The fourth-order valence-electron chi connectivity index (χ4n) is 7.47. The summed E-state index contributed by atoms with van der Waals surface area (Å²) in [5.74, 6) is -0.239. The number of benzene rings is 2. The van der Waals surface area contributed by atoms with Gasteiger partial charge in [0, 0.05) is 0 Å². The van der Waals surface area contributed by atoms with E-state index in [0.29, 0.717) is 44.2 Å². The van der Waals surface area contributed by atoms with Gasteiger partial charge in [0.05, 0.1) is 26.4 Å². The summed E-state index contributed by atoms with van der Waals surface area (Å²) >= 11 is 0. The first-order chi connectivity index (χ1) is 23.3. The third-order valence-electron chi connectivity index (χ3n) is 10.5. The van der Waals surface area contributed by atoms with Gasteiger partial charge in [0.15, 0.2) is 23.0 Å². The van der Waals surface area contributed by atoms with Gasteiger partial charge in [-0.15, -0.1) is 13.2 Å². The molecule has 0 N–H and O–H groups in total. The molecule has 0 heterocycles. The average molecular weight is 675 g/mol. The first-order valence-corrected chi connectivity index (χ1v) is 18.0. The molecule has 3 saturated carbocycles. The highest BCUT2D eigenvalue weighted by Crippen LogP contribution is 2.42. The lowest BCUT2D eigenvalue weighted by Crippen LogP contribution is -2.27. The Bertz CT molecular complexity index is 1290. The average Bonchev–Trinajstić information content (AvgIpc) is 3.12. The van der Waals surface area contributed by atoms with Crippen molar-refractivity contribution in [2.24, 2.45) is 35.5 Å². The first-order valence-electron chi connectivity index (χ1n) is 18.0. The predicted molar refractivity (Wildman–Crippen MR) is 183 cm³/mol. The molecule has 8 heteroatoms. The molecule has 5 rings (SSSR count). The number of allylic oxidation sites excluding steroid dienone is 2. The maximum absolute atomic E-state index is 14.1. The van der Waals surface area contributed by atoms with E-state index in [-0.39, 0.29) is 23.0 Å². The molecule has 0 aromatic heterocycles. The zero-order valence-corrected chi connectivity index (χ0v) is 28.8. The molecule has 0 saturated heterocycles. The van der Waals surface area contributed by atoms with Crippen molar-refractivity contribution in [3.05, 3.63) is 72.8 Å². The lowest BCUT2D eigenvalue weighted by molar-refractivity contribution is 0.127. The Kier molecular flexibility index (Phi) is 15.0. The van der Waals surface area contributed by atoms with Crippen LogP contribution in [0.15, 0.2) is 49.6 Å². The minimum absolute atomic E-state index is 0.0131. The standard InChI is InChI=1S/C23H32F2O2.C17H22F2O2/c1-3-16-5-9-18(10-6-16)19-11-7-17(8-12-19)15-27-21-14-13-20(26-4-2)22(24)23(21)25;1-3-12-5-7-13(8-6-12)11-21-15-10-9-14(20-4-2)16(18)17(15)19/h3,13-14,16-19H,1,4-12,15H2,2H3;3,9-10,12-13H,1,4-8,11H2,2H3. The van der Waals surface area contributed by atoms with Crippen LogP contribution >= 0.6 is 0 Å². The maximum atomic E-state index is 14.1. The number of hydrogen-bond donors (Lipinski definition) is 0. The summed E-state index contributed by atoms with van der Waals surface area (Å²) in [5.41, 5.74) is 0. The van der Waals surface area contributed by atoms with Gasteiger partial charge in [-0.3, -0.25) is 0 Å². The summed E-state index contributed by atoms with van der Waals surface area (Å²) in [6, 6.07) is 5.74. The molecule has 0 unspecified atom stereocenters. The van der Waals surface area contributed by atoms with Crippen LogP contribution in [0.1, 0.15) is 90.9 Å². The molecule has 2 aromatic rings. The highest BCUT2D eigenvalue weighted by Gasteiger charge is 2.31. The number of hydrogen-bond acceptors (Lipinski definition) is 4. The molecule has 3 aliphatic carbocycles. The molecular weight excluding hydrogens is 620 g/mol. The lowest BCUT2D eigenvalue weighted by atomic mass is 9.69. The number of rotatable bonds is 13. The Balaban J connectivity index is 0.000000224. The monoisotopic (exact) mass is 674 g/mol. The maximum Gasteiger partial charge on any atom is 0.204 e. The van der Waals surface area contributed by atoms with Crippen molar-refractivity contribution in [1.82, 2.24) is 0 Å². The van der Waals surface area contributed by atoms with Crippen molar-refractivity contribution >= 4 is 0 Å². The van der Waals surface area contributed by atoms with Gasteiger partial charge in [0.1, 0.15) is 0 Å². The van der Waals surface area contributed by atoms with E-state index >= 15 is 0 Å². The molecule has 0 radical (unpaired) electrons. The lowest BCUT2D eigenvalue weighted by Gasteiger charge is -2.37. The van der Waals surface area contributed by atoms with E-state index in [0.717, 1.165) is 56.3 Å². The molecular formula is C40H54F4O4. The second-order valence-corrected chi connectivity index (χ2v) is 13.6. The Labute approximate surface area is 284 Å². The van der Waals surface area contributed by atoms with E-state index in [1.54, 1.807) is 13.8 Å². The summed E-state index contributed by atoms with van der Waals surface area (Å²) in [6.07, 6.45) is 18.3. The van der Waals surface area contributed by atoms with Gasteiger partial charge in [0.25, 0.3) is 0 Å². The molecule has 0 atom stereocenters. The Morgan fingerprint density at radius 1 is 0.500 bits per heavy atom. The fraction of sp³-hybridized carbons (Fsp3) is 0.600. The molecule has 2 aromatic carbocycles. The highest BCUT2D eigenvalue weighted by atomic mass is 19.2. The van der Waals surface area contributed by atoms with Gasteiger partial charge in [0.2, 0.25) is 23.3 Å². The van der Waals surface area contributed by atoms with Crippen LogP contribution in [0.3, 0.4) is 0 Å². The van der Waals surface area contributed by atoms with Crippen molar-refractivity contribution in [3.63, 3.8) is 0 Å². The van der Waals surface area contributed by atoms with Crippen molar-refractivity contribution in [2.75, 3.05) is 26.4 Å². The normalized spacial score (nSPS) is 25.6. The number of ether oxygens (including phenoxy) is 4. The van der Waals surface area contributed by atoms with Gasteiger partial charge in [-0.25, -0.2) is 0 Å². The Morgan fingerprint density at radius 3 is 1.12 bits per heavy atom. The fourth-order valence-corrected chi connectivity index (χ4v) is 7.47. The molecule has 3 aliphatic rings. The second kappa shape index (κ2) is 19.1. The van der Waals surface area contributed by atoms with E-state index < -0.39 is 23.3 Å². The van der Waals surface area contributed by atoms with Crippen LogP contribution in [0.4, 0.5) is 17.6 Å². The van der Waals surface area contributed by atoms with Gasteiger partial charge in [-0.05, 0) is 151 Å². The molecule has 0 bridgehead atoms. The van der Waals surface area contributed by atoms with Crippen LogP contribution in [0.25, 0.3) is 0 Å². The van der Waals surface area contributed by atoms with E-state index in [1.165, 1.54) is 62.8 Å². The molecule has 0 aliphatic heterocycles. The quantitative estimate of drug-likeness (QED) is 0.157. The van der Waals surface area contributed by atoms with E-state index in [1.807, 2.05) is 6.08 Å². The molecule has 266 valence electrons. The minimum Gasteiger partial charge on any atom is -0.491 e. The smallest absolute Gasteiger partial charge is 0.204 e. The second-order valence-electron chi connectivity index (χ2n) is 13.6. The first kappa shape index (κ1) is 37.7. The van der Waals surface area contributed by atoms with Crippen LogP contribution in [-0.2, 0) is 0 Å². The SMILES string of the molecule is C=CC1CCC(C2CCC(COc3ccc(OCC)c(F)c3F)CC2)CC1.C=CC1CCC(COc2ccc(OCC)c(F)c2F)CC1. The van der Waals surface area contributed by atoms with Crippen molar-refractivity contribution < 1.29 is 36.5 Å². The van der Waals surface area contributed by atoms with Gasteiger partial charge >= 0.3 is 0 Å². The summed E-state index contributed by atoms with van der Waals surface area (Å²) in [5, 5.41) is 0. The molecule has 0 amide bonds. The van der Waals surface area contributed by atoms with Crippen molar-refractivity contribution in [3.8, 4) is 23.0 Å². The highest BCUT2D eigenvalue weighted by molar-refractivity contribution is 5.36. The summed E-state index contributed by atoms with van der Waals surface area (Å²) in [6.45, 7) is 12.7. The third-order valence-corrected chi connectivity index (χ3v) is 10.5. The van der Waals surface area contributed by atoms with Crippen LogP contribution < -0.4 is 18.9 Å². The number of halogens is 4. The van der Waals surface area contributed by atoms with Gasteiger partial charge in [-0.1, -0.05) is 12.2 Å². The van der Waals surface area contributed by atoms with E-state index in [9.17, 15) is 17.6 Å². The molecule has 48 heavy (non-hydrogen) atoms. The van der Waals surface area contributed by atoms with Crippen molar-refractivity contribution in [2.45, 2.75) is 90.9 Å². The minimum atomic E-state index is -0.982. The van der Waals surface area contributed by atoms with Gasteiger partial charge < -0.3 is 18.9 Å². The van der Waals surface area contributed by atoms with E-state index in [2.05, 4.69) is 19.2 Å². The summed E-state index contributed by atoms with van der Waals surface area (Å²) in [7, 11) is 0. The zero-order valence-electron chi connectivity index (χ0n) is 28.8. The molecule has 0 spiro atoms. The van der Waals surface area contributed by atoms with Crippen LogP contribution in [0.2, 0.25) is 0 Å². The molecule has 3 fully saturated rings. The third kappa shape index (κ3) is 10.4. The van der Waals surface area contributed by atoms with Gasteiger partial charge in [-0.2, -0.15) is 17.6 Å². The summed E-state index contributed by atoms with van der Waals surface area (Å²) < 4.78 is 76.8. The van der Waals surface area contributed by atoms with Crippen molar-refractivity contribution in [1.29, 1.82) is 0 Å². The van der Waals surface area contributed by atoms with Crippen LogP contribution in [0.5, 0.6) is 23.0 Å². The predicted octanol–water partition coefficient (Wildman–Crippen LogP) is 11.3. The van der Waals surface area contributed by atoms with Crippen LogP contribution in [-0.4, -0.2) is 26.4 Å². The summed E-state index contributed by atoms with van der Waals surface area (Å²) in [4.78, 5) is 0. The largest absolute Gasteiger partial charge is 0.491 e. The topological polar surface area (TPSA) is 36.9 Å². The Hall–Kier alpha value is -3.16. The van der Waals surface area contributed by atoms with Crippen LogP contribution in [0, 0.1) is 58.8 Å². The zero-order chi connectivity index (χ0) is 34.5. The van der Waals surface area contributed by atoms with E-state index in [4.69, 9.17) is 18.9 Å².